The number of aliphatic hydroxyl groups excluding tert-OH is 1. The van der Waals surface area contributed by atoms with Crippen molar-refractivity contribution < 1.29 is 9.90 Å². The summed E-state index contributed by atoms with van der Waals surface area (Å²) in [6, 6.07) is 9.07. The Hall–Kier alpha value is -1.72. The largest absolute Gasteiger partial charge is 0.394 e. The number of thiazole rings is 1. The lowest BCUT2D eigenvalue weighted by atomic mass is 10.1. The van der Waals surface area contributed by atoms with E-state index < -0.39 is 0 Å². The van der Waals surface area contributed by atoms with E-state index in [-0.39, 0.29) is 24.5 Å². The Labute approximate surface area is 122 Å². The summed E-state index contributed by atoms with van der Waals surface area (Å²) in [4.78, 5) is 16.6. The van der Waals surface area contributed by atoms with Crippen LogP contribution in [-0.4, -0.2) is 22.6 Å². The van der Waals surface area contributed by atoms with Crippen molar-refractivity contribution in [1.29, 1.82) is 0 Å². The number of aromatic nitrogens is 1. The molecule has 0 radical (unpaired) electrons. The molecule has 0 fully saturated rings. The number of nitrogens with one attached hydrogen (secondary N) is 1. The van der Waals surface area contributed by atoms with Crippen molar-refractivity contribution >= 4 is 17.2 Å². The Kier molecular flexibility index (Phi) is 4.87. The van der Waals surface area contributed by atoms with E-state index in [1.165, 1.54) is 11.3 Å². The number of carbonyl (C=O) groups excluding carboxylic acids is 1. The van der Waals surface area contributed by atoms with Crippen molar-refractivity contribution in [2.75, 3.05) is 6.61 Å². The number of nitrogens with zero attached hydrogens (tertiary/aromatic N) is 1. The van der Waals surface area contributed by atoms with Crippen LogP contribution >= 0.6 is 11.3 Å². The summed E-state index contributed by atoms with van der Waals surface area (Å²) in [5.74, 6) is -0.436. The minimum atomic E-state index is -0.382. The van der Waals surface area contributed by atoms with E-state index in [1.54, 1.807) is 0 Å². The molecule has 0 bridgehead atoms. The molecule has 2 N–H and O–H groups in total. The van der Waals surface area contributed by atoms with Gasteiger partial charge in [-0.1, -0.05) is 30.3 Å². The molecule has 4 nitrogen and oxygen atoms in total. The Balaban J connectivity index is 2.06. The molecule has 1 heterocycles. The second-order valence-corrected chi connectivity index (χ2v) is 5.59. The Morgan fingerprint density at radius 2 is 2.10 bits per heavy atom. The second-order valence-electron chi connectivity index (χ2n) is 4.70. The summed E-state index contributed by atoms with van der Waals surface area (Å²) in [7, 11) is 0. The summed E-state index contributed by atoms with van der Waals surface area (Å²) in [6.45, 7) is 3.61. The molecule has 1 amide bonds. The molecule has 0 aliphatic rings. The van der Waals surface area contributed by atoms with Crippen LogP contribution in [0.2, 0.25) is 0 Å². The normalized spacial score (nSPS) is 13.8. The van der Waals surface area contributed by atoms with E-state index in [2.05, 4.69) is 10.3 Å². The number of hydrogen-bond donors (Lipinski definition) is 2. The smallest absolute Gasteiger partial charge is 0.230 e. The van der Waals surface area contributed by atoms with Crippen molar-refractivity contribution in [2.24, 2.45) is 0 Å². The number of benzene rings is 1. The predicted octanol–water partition coefficient (Wildman–Crippen LogP) is 2.40. The molecule has 106 valence electrons. The van der Waals surface area contributed by atoms with Gasteiger partial charge < -0.3 is 10.4 Å². The minimum absolute atomic E-state index is 0.123. The first kappa shape index (κ1) is 14.7. The van der Waals surface area contributed by atoms with Crippen LogP contribution in [0.4, 0.5) is 0 Å². The first-order chi connectivity index (χ1) is 9.61. The van der Waals surface area contributed by atoms with Crippen LogP contribution in [0.5, 0.6) is 0 Å². The average molecular weight is 290 g/mol. The second kappa shape index (κ2) is 6.63. The van der Waals surface area contributed by atoms with Gasteiger partial charge in [0.2, 0.25) is 5.91 Å². The molecule has 0 aliphatic carbocycles. The van der Waals surface area contributed by atoms with E-state index in [0.29, 0.717) is 0 Å². The molecule has 5 heteroatoms. The number of aryl methyl sites for hydroxylation is 1. The van der Waals surface area contributed by atoms with Gasteiger partial charge in [-0.2, -0.15) is 0 Å². The van der Waals surface area contributed by atoms with E-state index >= 15 is 0 Å². The van der Waals surface area contributed by atoms with Gasteiger partial charge in [0.05, 0.1) is 18.6 Å². The van der Waals surface area contributed by atoms with Gasteiger partial charge in [-0.05, 0) is 19.4 Å². The van der Waals surface area contributed by atoms with Gasteiger partial charge in [-0.3, -0.25) is 4.79 Å². The van der Waals surface area contributed by atoms with Crippen LogP contribution in [0.15, 0.2) is 35.7 Å². The minimum Gasteiger partial charge on any atom is -0.394 e. The highest BCUT2D eigenvalue weighted by molar-refractivity contribution is 7.09. The molecule has 2 aromatic rings. The fourth-order valence-corrected chi connectivity index (χ4v) is 2.75. The highest BCUT2D eigenvalue weighted by Gasteiger charge is 2.21. The quantitative estimate of drug-likeness (QED) is 0.889. The molecule has 0 saturated carbocycles. The summed E-state index contributed by atoms with van der Waals surface area (Å²) in [6.07, 6.45) is 0. The molecule has 0 saturated heterocycles. The lowest BCUT2D eigenvalue weighted by Crippen LogP contribution is -2.33. The van der Waals surface area contributed by atoms with Crippen molar-refractivity contribution in [1.82, 2.24) is 10.3 Å². The molecule has 1 aromatic heterocycles. The van der Waals surface area contributed by atoms with Crippen LogP contribution in [-0.2, 0) is 4.79 Å². The number of aliphatic hydroxyl groups is 1. The molecule has 0 spiro atoms. The monoisotopic (exact) mass is 290 g/mol. The topological polar surface area (TPSA) is 62.2 Å². The van der Waals surface area contributed by atoms with Crippen LogP contribution in [0.3, 0.4) is 0 Å². The molecular weight excluding hydrogens is 272 g/mol. The Morgan fingerprint density at radius 3 is 2.65 bits per heavy atom. The van der Waals surface area contributed by atoms with Gasteiger partial charge in [0.25, 0.3) is 0 Å². The number of amides is 1. The zero-order chi connectivity index (χ0) is 14.5. The SMILES string of the molecule is Cc1csc(C(C)C(=O)N[C@H](CO)c2ccccc2)n1. The lowest BCUT2D eigenvalue weighted by Gasteiger charge is -2.18. The number of rotatable bonds is 5. The number of carbonyl (C=O) groups is 1. The van der Waals surface area contributed by atoms with E-state index in [4.69, 9.17) is 0 Å². The average Bonchev–Trinajstić information content (AvgIpc) is 2.91. The van der Waals surface area contributed by atoms with Gasteiger partial charge in [-0.25, -0.2) is 4.98 Å². The third kappa shape index (κ3) is 3.43. The van der Waals surface area contributed by atoms with Gasteiger partial charge >= 0.3 is 0 Å². The van der Waals surface area contributed by atoms with Gasteiger partial charge in [-0.15, -0.1) is 11.3 Å². The molecule has 20 heavy (non-hydrogen) atoms. The van der Waals surface area contributed by atoms with Crippen molar-refractivity contribution in [2.45, 2.75) is 25.8 Å². The van der Waals surface area contributed by atoms with Crippen molar-refractivity contribution in [3.63, 3.8) is 0 Å². The standard InChI is InChI=1S/C15H18N2O2S/c1-10-9-20-15(16-10)11(2)14(19)17-13(8-18)12-6-4-3-5-7-12/h3-7,9,11,13,18H,8H2,1-2H3,(H,17,19)/t11?,13-/m1/s1. The molecule has 1 unspecified atom stereocenters. The van der Waals surface area contributed by atoms with E-state index in [9.17, 15) is 9.90 Å². The molecular formula is C15H18N2O2S. The maximum absolute atomic E-state index is 12.2. The fourth-order valence-electron chi connectivity index (χ4n) is 1.90. The highest BCUT2D eigenvalue weighted by Crippen LogP contribution is 2.21. The van der Waals surface area contributed by atoms with Gasteiger partial charge in [0, 0.05) is 11.1 Å². The molecule has 2 rings (SSSR count). The van der Waals surface area contributed by atoms with Gasteiger partial charge in [0.15, 0.2) is 0 Å². The third-order valence-electron chi connectivity index (χ3n) is 3.10. The first-order valence-electron chi connectivity index (χ1n) is 6.50. The predicted molar refractivity (Wildman–Crippen MR) is 79.7 cm³/mol. The van der Waals surface area contributed by atoms with Crippen LogP contribution in [0.25, 0.3) is 0 Å². The van der Waals surface area contributed by atoms with Crippen LogP contribution in [0, 0.1) is 6.92 Å². The summed E-state index contributed by atoms with van der Waals surface area (Å²) < 4.78 is 0. The van der Waals surface area contributed by atoms with Gasteiger partial charge in [0.1, 0.15) is 5.01 Å². The zero-order valence-corrected chi connectivity index (χ0v) is 12.4. The lowest BCUT2D eigenvalue weighted by molar-refractivity contribution is -0.123. The van der Waals surface area contributed by atoms with Crippen molar-refractivity contribution in [3.05, 3.63) is 52.0 Å². The first-order valence-corrected chi connectivity index (χ1v) is 7.38. The highest BCUT2D eigenvalue weighted by atomic mass is 32.1. The summed E-state index contributed by atoms with van der Waals surface area (Å²) >= 11 is 1.48. The van der Waals surface area contributed by atoms with Crippen LogP contribution < -0.4 is 5.32 Å². The molecule has 2 atom stereocenters. The van der Waals surface area contributed by atoms with E-state index in [1.807, 2.05) is 49.6 Å². The third-order valence-corrected chi connectivity index (χ3v) is 4.25. The zero-order valence-electron chi connectivity index (χ0n) is 11.5. The van der Waals surface area contributed by atoms with Crippen LogP contribution in [0.1, 0.15) is 35.1 Å². The fraction of sp³-hybridized carbons (Fsp3) is 0.333. The summed E-state index contributed by atoms with van der Waals surface area (Å²) in [5.41, 5.74) is 1.82. The van der Waals surface area contributed by atoms with E-state index in [0.717, 1.165) is 16.3 Å². The molecule has 1 aromatic carbocycles. The maximum atomic E-state index is 12.2. The van der Waals surface area contributed by atoms with Crippen molar-refractivity contribution in [3.8, 4) is 0 Å². The summed E-state index contributed by atoms with van der Waals surface area (Å²) in [5, 5.41) is 15.1. The maximum Gasteiger partial charge on any atom is 0.230 e. The molecule has 0 aliphatic heterocycles. The number of hydrogen-bond acceptors (Lipinski definition) is 4. The Bertz CT molecular complexity index is 568. The Morgan fingerprint density at radius 1 is 1.40 bits per heavy atom.